The number of hydrogen-bond acceptors (Lipinski definition) is 8. The van der Waals surface area contributed by atoms with Crippen molar-refractivity contribution in [3.05, 3.63) is 41.0 Å². The number of aliphatic imine (C=N–C) groups is 1. The van der Waals surface area contributed by atoms with E-state index in [0.717, 1.165) is 19.4 Å². The highest BCUT2D eigenvalue weighted by atomic mass is 32.2. The number of carbonyl (C=O) groups is 1. The number of quaternary nitrogens is 1. The molecule has 0 saturated carbocycles. The third-order valence-corrected chi connectivity index (χ3v) is 6.05. The van der Waals surface area contributed by atoms with Crippen molar-refractivity contribution >= 4 is 28.4 Å². The lowest BCUT2D eigenvalue weighted by Gasteiger charge is -2.24. The molecule has 2 heterocycles. The van der Waals surface area contributed by atoms with Gasteiger partial charge in [0.2, 0.25) is 5.91 Å². The number of amides is 1. The standard InChI is InChI=1S/C22H32N4O5S/c1-5-8-17(18-12-16(29-10-6-2)13-19(27)31-18)24-21(28)22(4)14-32-20(25-22)15(3)26-30-11-7-9-23/h6,12-13,17H,2,5,7-11,14,23H2,1,3-4H3,(H,24,28)/p+1/b26-15+/t17-,22+/m1/s1. The number of carbonyl (C=O) groups excluding carboxylic acids is 1. The van der Waals surface area contributed by atoms with Crippen LogP contribution in [0.3, 0.4) is 0 Å². The first-order valence-corrected chi connectivity index (χ1v) is 11.7. The smallest absolute Gasteiger partial charge is 0.339 e. The van der Waals surface area contributed by atoms with E-state index in [0.29, 0.717) is 41.0 Å². The lowest BCUT2D eigenvalue weighted by molar-refractivity contribution is -0.369. The summed E-state index contributed by atoms with van der Waals surface area (Å²) in [6.45, 7) is 10.7. The van der Waals surface area contributed by atoms with Gasteiger partial charge in [0.25, 0.3) is 0 Å². The Balaban J connectivity index is 2.16. The van der Waals surface area contributed by atoms with Gasteiger partial charge in [-0.2, -0.15) is 0 Å². The third-order valence-electron chi connectivity index (χ3n) is 4.68. The largest absolute Gasteiger partial charge is 0.489 e. The van der Waals surface area contributed by atoms with Crippen LogP contribution in [0.2, 0.25) is 0 Å². The van der Waals surface area contributed by atoms with Crippen molar-refractivity contribution in [1.29, 1.82) is 0 Å². The van der Waals surface area contributed by atoms with Crippen molar-refractivity contribution in [2.45, 2.75) is 51.6 Å². The van der Waals surface area contributed by atoms with E-state index in [2.05, 4.69) is 27.8 Å². The molecule has 2 atom stereocenters. The summed E-state index contributed by atoms with van der Waals surface area (Å²) in [6.07, 6.45) is 3.79. The van der Waals surface area contributed by atoms with Crippen LogP contribution >= 0.6 is 11.8 Å². The van der Waals surface area contributed by atoms with Gasteiger partial charge in [-0.3, -0.25) is 9.79 Å². The Labute approximate surface area is 192 Å². The van der Waals surface area contributed by atoms with Gasteiger partial charge in [-0.15, -0.1) is 11.8 Å². The van der Waals surface area contributed by atoms with Crippen LogP contribution in [0, 0.1) is 0 Å². The van der Waals surface area contributed by atoms with E-state index >= 15 is 0 Å². The van der Waals surface area contributed by atoms with Gasteiger partial charge in [-0.1, -0.05) is 31.2 Å². The molecule has 1 aliphatic heterocycles. The minimum atomic E-state index is -0.965. The minimum absolute atomic E-state index is 0.246. The highest BCUT2D eigenvalue weighted by molar-refractivity contribution is 8.16. The van der Waals surface area contributed by atoms with Gasteiger partial charge in [-0.05, 0) is 20.3 Å². The Kier molecular flexibility index (Phi) is 9.98. The second-order valence-electron chi connectivity index (χ2n) is 7.63. The summed E-state index contributed by atoms with van der Waals surface area (Å²) in [5.74, 6) is 0.955. The number of rotatable bonds is 13. The van der Waals surface area contributed by atoms with Crippen LogP contribution in [0.1, 0.15) is 51.8 Å². The van der Waals surface area contributed by atoms with Crippen molar-refractivity contribution in [3.8, 4) is 5.75 Å². The number of hydrogen-bond donors (Lipinski definition) is 2. The molecule has 1 aliphatic rings. The third kappa shape index (κ3) is 7.23. The first-order chi connectivity index (χ1) is 15.3. The number of nitrogens with zero attached hydrogens (tertiary/aromatic N) is 2. The van der Waals surface area contributed by atoms with Gasteiger partial charge in [0, 0.05) is 18.2 Å². The average molecular weight is 466 g/mol. The van der Waals surface area contributed by atoms with Crippen LogP contribution in [0.25, 0.3) is 0 Å². The molecule has 176 valence electrons. The highest BCUT2D eigenvalue weighted by Crippen LogP contribution is 2.30. The second kappa shape index (κ2) is 12.4. The van der Waals surface area contributed by atoms with Gasteiger partial charge < -0.3 is 25.0 Å². The topological polar surface area (TPSA) is 130 Å². The summed E-state index contributed by atoms with van der Waals surface area (Å²) in [5, 5.41) is 7.76. The van der Waals surface area contributed by atoms with Gasteiger partial charge in [0.05, 0.1) is 18.7 Å². The number of nitrogens with one attached hydrogen (secondary N) is 1. The average Bonchev–Trinajstić information content (AvgIpc) is 3.18. The molecule has 10 heteroatoms. The molecular weight excluding hydrogens is 432 g/mol. The van der Waals surface area contributed by atoms with Crippen LogP contribution in [0.15, 0.2) is 44.1 Å². The van der Waals surface area contributed by atoms with Gasteiger partial charge >= 0.3 is 5.63 Å². The molecule has 0 fully saturated rings. The summed E-state index contributed by atoms with van der Waals surface area (Å²) in [4.78, 5) is 35.0. The summed E-state index contributed by atoms with van der Waals surface area (Å²) in [5.41, 5.74) is 2.90. The molecule has 1 amide bonds. The lowest BCUT2D eigenvalue weighted by Crippen LogP contribution is -2.50. The molecule has 0 radical (unpaired) electrons. The second-order valence-corrected chi connectivity index (χ2v) is 8.59. The van der Waals surface area contributed by atoms with E-state index in [9.17, 15) is 9.59 Å². The molecule has 4 N–H and O–H groups in total. The molecule has 0 saturated heterocycles. The fourth-order valence-electron chi connectivity index (χ4n) is 2.92. The summed E-state index contributed by atoms with van der Waals surface area (Å²) in [6, 6.07) is 2.42. The number of oxime groups is 1. The fraction of sp³-hybridized carbons (Fsp3) is 0.545. The van der Waals surface area contributed by atoms with Crippen LogP contribution in [-0.4, -0.2) is 47.7 Å². The Hall–Kier alpha value is -2.59. The molecule has 32 heavy (non-hydrogen) atoms. The minimum Gasteiger partial charge on any atom is -0.489 e. The highest BCUT2D eigenvalue weighted by Gasteiger charge is 2.40. The maximum atomic E-state index is 13.2. The maximum Gasteiger partial charge on any atom is 0.339 e. The SMILES string of the molecule is C=CCOc1cc([C@@H](CCC)NC(=O)[C@]2(C)CSC(/C(C)=N/OCCC[NH3+])=N2)oc(=O)c1. The monoisotopic (exact) mass is 465 g/mol. The van der Waals surface area contributed by atoms with Gasteiger partial charge in [0.15, 0.2) is 0 Å². The molecule has 0 aliphatic carbocycles. The molecule has 9 nitrogen and oxygen atoms in total. The van der Waals surface area contributed by atoms with E-state index in [4.69, 9.17) is 14.0 Å². The van der Waals surface area contributed by atoms with Gasteiger partial charge in [-0.25, -0.2) is 4.79 Å². The van der Waals surface area contributed by atoms with E-state index in [1.54, 1.807) is 19.1 Å². The predicted octanol–water partition coefficient (Wildman–Crippen LogP) is 2.09. The van der Waals surface area contributed by atoms with Gasteiger partial charge in [0.1, 0.15) is 41.0 Å². The zero-order chi connectivity index (χ0) is 23.6. The van der Waals surface area contributed by atoms with Crippen LogP contribution in [-0.2, 0) is 9.63 Å². The van der Waals surface area contributed by atoms with Crippen LogP contribution in [0.5, 0.6) is 5.75 Å². The van der Waals surface area contributed by atoms with E-state index < -0.39 is 17.2 Å². The zero-order valence-electron chi connectivity index (χ0n) is 19.0. The first kappa shape index (κ1) is 25.7. The molecule has 0 spiro atoms. The lowest BCUT2D eigenvalue weighted by atomic mass is 10.0. The Morgan fingerprint density at radius 2 is 2.31 bits per heavy atom. The Bertz CT molecular complexity index is 914. The van der Waals surface area contributed by atoms with E-state index in [-0.39, 0.29) is 12.5 Å². The summed E-state index contributed by atoms with van der Waals surface area (Å²) < 4.78 is 10.8. The predicted molar refractivity (Wildman–Crippen MR) is 126 cm³/mol. The van der Waals surface area contributed by atoms with Crippen molar-refractivity contribution in [2.75, 3.05) is 25.5 Å². The van der Waals surface area contributed by atoms with Crippen molar-refractivity contribution in [3.63, 3.8) is 0 Å². The van der Waals surface area contributed by atoms with Crippen molar-refractivity contribution in [1.82, 2.24) is 5.32 Å². The zero-order valence-corrected chi connectivity index (χ0v) is 19.8. The quantitative estimate of drug-likeness (QED) is 0.199. The van der Waals surface area contributed by atoms with Crippen molar-refractivity contribution < 1.29 is 24.5 Å². The molecule has 1 aromatic heterocycles. The van der Waals surface area contributed by atoms with E-state index in [1.807, 2.05) is 13.8 Å². The summed E-state index contributed by atoms with van der Waals surface area (Å²) in [7, 11) is 0. The fourth-order valence-corrected chi connectivity index (χ4v) is 4.04. The maximum absolute atomic E-state index is 13.2. The normalized spacial score (nSPS) is 19.2. The molecular formula is C22H33N4O5S+. The van der Waals surface area contributed by atoms with Crippen LogP contribution < -0.4 is 21.4 Å². The molecule has 0 bridgehead atoms. The number of thioether (sulfide) groups is 1. The Morgan fingerprint density at radius 3 is 3.00 bits per heavy atom. The van der Waals surface area contributed by atoms with E-state index in [1.165, 1.54) is 17.8 Å². The first-order valence-electron chi connectivity index (χ1n) is 10.7. The van der Waals surface area contributed by atoms with Crippen molar-refractivity contribution in [2.24, 2.45) is 10.1 Å². The molecule has 2 rings (SSSR count). The number of ether oxygens (including phenoxy) is 1. The molecule has 0 aromatic carbocycles. The molecule has 0 unspecified atom stereocenters. The summed E-state index contributed by atoms with van der Waals surface area (Å²) >= 11 is 1.46. The Morgan fingerprint density at radius 1 is 1.53 bits per heavy atom. The van der Waals surface area contributed by atoms with Crippen LogP contribution in [0.4, 0.5) is 0 Å². The molecule has 1 aromatic rings.